The van der Waals surface area contributed by atoms with Gasteiger partial charge in [-0.2, -0.15) is 0 Å². The average Bonchev–Trinajstić information content (AvgIpc) is 3.16. The third-order valence-corrected chi connectivity index (χ3v) is 11.1. The monoisotopic (exact) mass is 768 g/mol. The van der Waals surface area contributed by atoms with Crippen LogP contribution >= 0.6 is 0 Å². The maximum absolute atomic E-state index is 12.8. The first-order valence-electron chi connectivity index (χ1n) is 23.8. The molecule has 0 amide bonds. The summed E-state index contributed by atoms with van der Waals surface area (Å²) in [5.41, 5.74) is 0. The van der Waals surface area contributed by atoms with Gasteiger partial charge < -0.3 is 24.6 Å². The fraction of sp³-hybridized carbons (Fsp3) is 0.957. The summed E-state index contributed by atoms with van der Waals surface area (Å²) in [7, 11) is 0. The van der Waals surface area contributed by atoms with Gasteiger partial charge in [0.05, 0.1) is 6.10 Å². The normalized spacial score (nSPS) is 12.8. The first kappa shape index (κ1) is 52.8. The second kappa shape index (κ2) is 41.5. The van der Waals surface area contributed by atoms with E-state index >= 15 is 0 Å². The molecule has 0 fully saturated rings. The van der Waals surface area contributed by atoms with Crippen LogP contribution in [0.2, 0.25) is 0 Å². The van der Waals surface area contributed by atoms with E-state index in [2.05, 4.69) is 32.6 Å². The maximum atomic E-state index is 12.8. The van der Waals surface area contributed by atoms with Gasteiger partial charge in [-0.15, -0.1) is 0 Å². The van der Waals surface area contributed by atoms with Gasteiger partial charge in [-0.25, -0.2) is 0 Å². The molecule has 0 heterocycles. The van der Waals surface area contributed by atoms with E-state index in [4.69, 9.17) is 9.47 Å². The number of rotatable bonds is 43. The Morgan fingerprint density at radius 3 is 1.31 bits per heavy atom. The average molecular weight is 768 g/mol. The highest BCUT2D eigenvalue weighted by atomic mass is 16.5. The summed E-state index contributed by atoms with van der Waals surface area (Å²) < 4.78 is 11.8. The number of hydrogen-bond donors (Lipinski definition) is 2. The van der Waals surface area contributed by atoms with Gasteiger partial charge >= 0.3 is 11.9 Å². The first-order valence-corrected chi connectivity index (χ1v) is 23.8. The Morgan fingerprint density at radius 1 is 0.463 bits per heavy atom. The smallest absolute Gasteiger partial charge is 0.306 e. The van der Waals surface area contributed by atoms with Crippen LogP contribution in [-0.4, -0.2) is 71.6 Å². The molecule has 0 aliphatic heterocycles. The van der Waals surface area contributed by atoms with Crippen molar-refractivity contribution in [2.45, 2.75) is 264 Å². The van der Waals surface area contributed by atoms with Gasteiger partial charge in [-0.3, -0.25) is 9.59 Å². The molecule has 2 atom stereocenters. The molecule has 2 N–H and O–H groups in total. The van der Waals surface area contributed by atoms with Crippen LogP contribution in [0.25, 0.3) is 0 Å². The predicted octanol–water partition coefficient (Wildman–Crippen LogP) is 12.8. The van der Waals surface area contributed by atoms with Crippen LogP contribution in [0.15, 0.2) is 0 Å². The Hall–Kier alpha value is -1.18. The molecular weight excluding hydrogens is 675 g/mol. The molecule has 2 unspecified atom stereocenters. The standard InChI is InChI=1S/C47H93NO6/c1-5-9-12-15-19-26-34-44(8-4)53-46(51)37-29-22-18-23-31-39-48(40-32-41-49)42-43(50)33-25-24-30-38-47(52)54-45(35-27-20-16-13-10-6-2)36-28-21-17-14-11-7-3/h43-45,49-50H,5-42H2,1-4H3. The minimum absolute atomic E-state index is 0.0387. The largest absolute Gasteiger partial charge is 0.462 e. The van der Waals surface area contributed by atoms with Crippen molar-refractivity contribution in [3.63, 3.8) is 0 Å². The van der Waals surface area contributed by atoms with Gasteiger partial charge in [-0.1, -0.05) is 156 Å². The van der Waals surface area contributed by atoms with Crippen molar-refractivity contribution in [2.75, 3.05) is 26.2 Å². The summed E-state index contributed by atoms with van der Waals surface area (Å²) in [6.07, 6.45) is 36.6. The number of nitrogens with zero attached hydrogens (tertiary/aromatic N) is 1. The van der Waals surface area contributed by atoms with Crippen LogP contribution < -0.4 is 0 Å². The predicted molar refractivity (Wildman–Crippen MR) is 229 cm³/mol. The third-order valence-electron chi connectivity index (χ3n) is 11.1. The molecule has 54 heavy (non-hydrogen) atoms. The molecule has 322 valence electrons. The van der Waals surface area contributed by atoms with E-state index in [1.807, 2.05) is 0 Å². The lowest BCUT2D eigenvalue weighted by Crippen LogP contribution is -2.34. The van der Waals surface area contributed by atoms with E-state index in [1.54, 1.807) is 0 Å². The molecule has 0 bridgehead atoms. The molecule has 0 aromatic carbocycles. The van der Waals surface area contributed by atoms with Crippen molar-refractivity contribution in [3.8, 4) is 0 Å². The Balaban J connectivity index is 4.24. The van der Waals surface area contributed by atoms with Crippen LogP contribution in [0.4, 0.5) is 0 Å². The summed E-state index contributed by atoms with van der Waals surface area (Å²) in [5.74, 6) is -0.0836. The van der Waals surface area contributed by atoms with Gasteiger partial charge in [0.25, 0.3) is 0 Å². The van der Waals surface area contributed by atoms with Crippen molar-refractivity contribution >= 4 is 11.9 Å². The van der Waals surface area contributed by atoms with Crippen molar-refractivity contribution in [1.82, 2.24) is 4.90 Å². The molecule has 0 aliphatic carbocycles. The zero-order valence-corrected chi connectivity index (χ0v) is 36.6. The molecule has 0 saturated heterocycles. The minimum atomic E-state index is -0.395. The number of aliphatic hydroxyl groups excluding tert-OH is 2. The Bertz CT molecular complexity index is 778. The highest BCUT2D eigenvalue weighted by molar-refractivity contribution is 5.69. The van der Waals surface area contributed by atoms with E-state index in [0.717, 1.165) is 116 Å². The molecule has 0 rings (SSSR count). The maximum Gasteiger partial charge on any atom is 0.306 e. The molecule has 0 saturated carbocycles. The number of carbonyl (C=O) groups excluding carboxylic acids is 2. The highest BCUT2D eigenvalue weighted by Crippen LogP contribution is 2.19. The van der Waals surface area contributed by atoms with E-state index in [1.165, 1.54) is 96.3 Å². The topological polar surface area (TPSA) is 96.3 Å². The van der Waals surface area contributed by atoms with Crippen LogP contribution in [0.1, 0.15) is 246 Å². The summed E-state index contributed by atoms with van der Waals surface area (Å²) in [6.45, 7) is 11.4. The van der Waals surface area contributed by atoms with E-state index < -0.39 is 6.10 Å². The number of ether oxygens (including phenoxy) is 2. The summed E-state index contributed by atoms with van der Waals surface area (Å²) in [4.78, 5) is 27.4. The summed E-state index contributed by atoms with van der Waals surface area (Å²) >= 11 is 0. The molecule has 0 aromatic rings. The van der Waals surface area contributed by atoms with E-state index in [9.17, 15) is 19.8 Å². The Kier molecular flexibility index (Phi) is 40.5. The van der Waals surface area contributed by atoms with Crippen LogP contribution in [0, 0.1) is 0 Å². The molecule has 0 radical (unpaired) electrons. The van der Waals surface area contributed by atoms with E-state index in [0.29, 0.717) is 25.8 Å². The fourth-order valence-corrected chi connectivity index (χ4v) is 7.49. The lowest BCUT2D eigenvalue weighted by molar-refractivity contribution is -0.150. The summed E-state index contributed by atoms with van der Waals surface area (Å²) in [6, 6.07) is 0. The zero-order chi connectivity index (χ0) is 39.7. The molecular formula is C47H93NO6. The Labute approximate surface area is 335 Å². The molecule has 0 spiro atoms. The quantitative estimate of drug-likeness (QED) is 0.0471. The minimum Gasteiger partial charge on any atom is -0.462 e. The second-order valence-electron chi connectivity index (χ2n) is 16.5. The van der Waals surface area contributed by atoms with Crippen molar-refractivity contribution in [1.29, 1.82) is 0 Å². The van der Waals surface area contributed by atoms with Gasteiger partial charge in [-0.05, 0) is 83.6 Å². The Morgan fingerprint density at radius 2 is 0.833 bits per heavy atom. The lowest BCUT2D eigenvalue weighted by atomic mass is 10.0. The van der Waals surface area contributed by atoms with Crippen LogP contribution in [-0.2, 0) is 19.1 Å². The lowest BCUT2D eigenvalue weighted by Gasteiger charge is -2.25. The number of esters is 2. The van der Waals surface area contributed by atoms with Crippen molar-refractivity contribution in [3.05, 3.63) is 0 Å². The molecule has 0 aliphatic rings. The molecule has 7 heteroatoms. The number of unbranched alkanes of at least 4 members (excludes halogenated alkanes) is 21. The summed E-state index contributed by atoms with van der Waals surface area (Å²) in [5, 5.41) is 20.2. The fourth-order valence-electron chi connectivity index (χ4n) is 7.49. The third kappa shape index (κ3) is 36.5. The van der Waals surface area contributed by atoms with Crippen LogP contribution in [0.5, 0.6) is 0 Å². The molecule has 7 nitrogen and oxygen atoms in total. The van der Waals surface area contributed by atoms with Gasteiger partial charge in [0.15, 0.2) is 0 Å². The molecule has 0 aromatic heterocycles. The highest BCUT2D eigenvalue weighted by Gasteiger charge is 2.16. The number of aliphatic hydroxyl groups is 2. The van der Waals surface area contributed by atoms with Crippen molar-refractivity contribution in [2.24, 2.45) is 0 Å². The van der Waals surface area contributed by atoms with Crippen molar-refractivity contribution < 1.29 is 29.3 Å². The number of hydrogen-bond acceptors (Lipinski definition) is 7. The van der Waals surface area contributed by atoms with E-state index in [-0.39, 0.29) is 30.8 Å². The van der Waals surface area contributed by atoms with Crippen LogP contribution in [0.3, 0.4) is 0 Å². The zero-order valence-electron chi connectivity index (χ0n) is 36.6. The van der Waals surface area contributed by atoms with Gasteiger partial charge in [0, 0.05) is 32.5 Å². The van der Waals surface area contributed by atoms with Gasteiger partial charge in [0.2, 0.25) is 0 Å². The number of carbonyl (C=O) groups is 2. The SMILES string of the molecule is CCCCCCCCC(CC)OC(=O)CCCCCCCN(CCCO)CC(O)CCCCCC(=O)OC(CCCCCCCC)CCCCCCCC. The second-order valence-corrected chi connectivity index (χ2v) is 16.5. The van der Waals surface area contributed by atoms with Gasteiger partial charge in [0.1, 0.15) is 12.2 Å². The first-order chi connectivity index (χ1) is 26.4.